The van der Waals surface area contributed by atoms with Crippen LogP contribution in [0.2, 0.25) is 0 Å². The van der Waals surface area contributed by atoms with Gasteiger partial charge in [-0.15, -0.1) is 0 Å². The van der Waals surface area contributed by atoms with Crippen LogP contribution in [-0.4, -0.2) is 38.8 Å². The average molecular weight is 378 g/mol. The van der Waals surface area contributed by atoms with E-state index in [4.69, 9.17) is 0 Å². The highest BCUT2D eigenvalue weighted by atomic mass is 16.3. The number of aromatic hydroxyl groups is 1. The Morgan fingerprint density at radius 2 is 2.07 bits per heavy atom. The van der Waals surface area contributed by atoms with E-state index in [1.807, 2.05) is 37.3 Å². The van der Waals surface area contributed by atoms with Gasteiger partial charge in [-0.25, -0.2) is 4.98 Å². The molecule has 1 aromatic carbocycles. The van der Waals surface area contributed by atoms with Gasteiger partial charge in [-0.05, 0) is 24.1 Å². The van der Waals surface area contributed by atoms with Gasteiger partial charge in [-0.2, -0.15) is 10.2 Å². The molecule has 0 aliphatic rings. The second-order valence-corrected chi connectivity index (χ2v) is 5.99. The second kappa shape index (κ2) is 9.38. The zero-order valence-corrected chi connectivity index (χ0v) is 15.8. The molecular weight excluding hydrogens is 356 g/mol. The van der Waals surface area contributed by atoms with Gasteiger partial charge >= 0.3 is 0 Å². The van der Waals surface area contributed by atoms with Gasteiger partial charge in [0.15, 0.2) is 5.75 Å². The number of aliphatic hydroxyl groups excluding tert-OH is 1. The van der Waals surface area contributed by atoms with Crippen molar-refractivity contribution in [1.82, 2.24) is 9.55 Å². The third-order valence-corrected chi connectivity index (χ3v) is 4.07. The molecule has 0 saturated heterocycles. The first-order chi connectivity index (χ1) is 13.4. The van der Waals surface area contributed by atoms with Crippen molar-refractivity contribution >= 4 is 23.6 Å². The topological polar surface area (TPSA) is 100 Å². The smallest absolute Gasteiger partial charge is 0.295 e. The molecule has 0 amide bonds. The summed E-state index contributed by atoms with van der Waals surface area (Å²) in [7, 11) is 1.52. The Balaban J connectivity index is 2.24. The minimum Gasteiger partial charge on any atom is -0.502 e. The van der Waals surface area contributed by atoms with Crippen molar-refractivity contribution in [1.29, 1.82) is 0 Å². The van der Waals surface area contributed by atoms with Crippen LogP contribution >= 0.6 is 0 Å². The normalized spacial score (nSPS) is 12.4. The lowest BCUT2D eigenvalue weighted by Crippen LogP contribution is -2.20. The van der Waals surface area contributed by atoms with Crippen LogP contribution in [0.25, 0.3) is 11.1 Å². The Morgan fingerprint density at radius 3 is 2.75 bits per heavy atom. The average Bonchev–Trinajstić information content (AvgIpc) is 2.70. The molecule has 1 heterocycles. The van der Waals surface area contributed by atoms with E-state index < -0.39 is 11.3 Å². The number of rotatable bonds is 7. The van der Waals surface area contributed by atoms with Gasteiger partial charge in [0.2, 0.25) is 0 Å². The summed E-state index contributed by atoms with van der Waals surface area (Å²) in [6, 6.07) is 7.56. The third-order valence-electron chi connectivity index (χ3n) is 4.07. The summed E-state index contributed by atoms with van der Waals surface area (Å²) >= 11 is 0. The molecule has 0 bridgehead atoms. The van der Waals surface area contributed by atoms with Crippen molar-refractivity contribution in [2.45, 2.75) is 6.92 Å². The maximum atomic E-state index is 11.8. The fourth-order valence-corrected chi connectivity index (χ4v) is 2.52. The predicted molar refractivity (Wildman–Crippen MR) is 113 cm³/mol. The number of nitrogens with zero attached hydrogens (tertiary/aromatic N) is 4. The molecule has 0 spiro atoms. The quantitative estimate of drug-likeness (QED) is 0.439. The van der Waals surface area contributed by atoms with E-state index in [2.05, 4.69) is 28.5 Å². The summed E-state index contributed by atoms with van der Waals surface area (Å²) in [5, 5.41) is 26.1. The van der Waals surface area contributed by atoms with E-state index in [0.717, 1.165) is 22.9 Å². The standard InChI is InChI=1S/C21H22N4O3/c1-14(16-9-6-10-17(11-16)18(13-26)24-22-3)7-5-8-15(2)20-23-12-19(27)21(28)25(20)4/h5-12,26-27H,2-3,13H2,1,4H3/b8-5-,14-7+,24-18+. The molecule has 144 valence electrons. The molecule has 0 aliphatic carbocycles. The van der Waals surface area contributed by atoms with Crippen LogP contribution < -0.4 is 5.56 Å². The zero-order valence-electron chi connectivity index (χ0n) is 15.8. The van der Waals surface area contributed by atoms with Crippen LogP contribution in [-0.2, 0) is 7.05 Å². The first-order valence-corrected chi connectivity index (χ1v) is 8.42. The molecule has 2 N–H and O–H groups in total. The first kappa shape index (κ1) is 20.7. The summed E-state index contributed by atoms with van der Waals surface area (Å²) < 4.78 is 1.24. The van der Waals surface area contributed by atoms with Crippen LogP contribution in [0.5, 0.6) is 5.75 Å². The fourth-order valence-electron chi connectivity index (χ4n) is 2.52. The van der Waals surface area contributed by atoms with E-state index in [-0.39, 0.29) is 6.61 Å². The highest BCUT2D eigenvalue weighted by Gasteiger charge is 2.07. The Bertz CT molecular complexity index is 1050. The fraction of sp³-hybridized carbons (Fsp3) is 0.143. The lowest BCUT2D eigenvalue weighted by Gasteiger charge is -2.07. The largest absolute Gasteiger partial charge is 0.502 e. The van der Waals surface area contributed by atoms with E-state index in [9.17, 15) is 15.0 Å². The van der Waals surface area contributed by atoms with E-state index >= 15 is 0 Å². The highest BCUT2D eigenvalue weighted by Crippen LogP contribution is 2.17. The van der Waals surface area contributed by atoms with Crippen molar-refractivity contribution in [3.63, 3.8) is 0 Å². The van der Waals surface area contributed by atoms with Gasteiger partial charge in [0.1, 0.15) is 5.82 Å². The molecule has 0 fully saturated rings. The first-order valence-electron chi connectivity index (χ1n) is 8.42. The molecule has 28 heavy (non-hydrogen) atoms. The minimum atomic E-state index is -0.529. The third kappa shape index (κ3) is 4.77. The molecule has 2 aromatic rings. The molecule has 0 saturated carbocycles. The molecule has 0 unspecified atom stereocenters. The lowest BCUT2D eigenvalue weighted by molar-refractivity contribution is 0.357. The molecule has 7 nitrogen and oxygen atoms in total. The molecule has 0 aliphatic heterocycles. The maximum absolute atomic E-state index is 11.8. The van der Waals surface area contributed by atoms with E-state index in [0.29, 0.717) is 17.1 Å². The van der Waals surface area contributed by atoms with Gasteiger partial charge in [0.25, 0.3) is 5.56 Å². The Kier molecular flexibility index (Phi) is 6.95. The second-order valence-electron chi connectivity index (χ2n) is 5.99. The number of benzene rings is 1. The minimum absolute atomic E-state index is 0.233. The summed E-state index contributed by atoms with van der Waals surface area (Å²) in [6.07, 6.45) is 6.54. The van der Waals surface area contributed by atoms with Crippen LogP contribution in [0.4, 0.5) is 0 Å². The van der Waals surface area contributed by atoms with Crippen LogP contribution in [0.3, 0.4) is 0 Å². The Hall–Kier alpha value is -3.58. The van der Waals surface area contributed by atoms with Gasteiger partial charge in [-0.3, -0.25) is 9.36 Å². The summed E-state index contributed by atoms with van der Waals surface area (Å²) in [5.74, 6) is -0.0380. The van der Waals surface area contributed by atoms with E-state index in [1.165, 1.54) is 11.6 Å². The predicted octanol–water partition coefficient (Wildman–Crippen LogP) is 2.56. The van der Waals surface area contributed by atoms with Crippen molar-refractivity contribution in [2.24, 2.45) is 17.3 Å². The van der Waals surface area contributed by atoms with Crippen molar-refractivity contribution < 1.29 is 10.2 Å². The maximum Gasteiger partial charge on any atom is 0.295 e. The van der Waals surface area contributed by atoms with Gasteiger partial charge in [0.05, 0.1) is 18.5 Å². The number of hydrogen-bond donors (Lipinski definition) is 2. The molecule has 0 radical (unpaired) electrons. The summed E-state index contributed by atoms with van der Waals surface area (Å²) in [5.41, 5.74) is 3.13. The molecule has 7 heteroatoms. The van der Waals surface area contributed by atoms with Crippen LogP contribution in [0, 0.1) is 0 Å². The lowest BCUT2D eigenvalue weighted by atomic mass is 10.0. The SMILES string of the molecule is C=N/N=C(\CO)c1cccc(/C(C)=C/C=C\C(=C)c2ncc(O)c(=O)n2C)c1. The Labute approximate surface area is 163 Å². The highest BCUT2D eigenvalue weighted by molar-refractivity contribution is 6.02. The molecular formula is C21H22N4O3. The van der Waals surface area contributed by atoms with Crippen molar-refractivity contribution in [3.8, 4) is 5.75 Å². The van der Waals surface area contributed by atoms with Gasteiger partial charge in [0, 0.05) is 24.9 Å². The van der Waals surface area contributed by atoms with Gasteiger partial charge in [-0.1, -0.05) is 43.0 Å². The zero-order chi connectivity index (χ0) is 20.7. The number of allylic oxidation sites excluding steroid dienone is 5. The molecule has 0 atom stereocenters. The monoisotopic (exact) mass is 378 g/mol. The molecule has 1 aromatic heterocycles. The van der Waals surface area contributed by atoms with Crippen molar-refractivity contribution in [3.05, 3.63) is 82.6 Å². The van der Waals surface area contributed by atoms with Crippen LogP contribution in [0.15, 0.2) is 70.3 Å². The number of hydrogen-bond acceptors (Lipinski definition) is 6. The summed E-state index contributed by atoms with van der Waals surface area (Å²) in [4.78, 5) is 15.8. The number of aromatic nitrogens is 2. The molecule has 2 rings (SSSR count). The number of aliphatic hydroxyl groups is 1. The summed E-state index contributed by atoms with van der Waals surface area (Å²) in [6.45, 7) is 8.94. The van der Waals surface area contributed by atoms with Crippen LogP contribution in [0.1, 0.15) is 23.9 Å². The van der Waals surface area contributed by atoms with E-state index in [1.54, 1.807) is 12.2 Å². The van der Waals surface area contributed by atoms with Gasteiger partial charge < -0.3 is 10.2 Å². The van der Waals surface area contributed by atoms with Crippen molar-refractivity contribution in [2.75, 3.05) is 6.61 Å². The Morgan fingerprint density at radius 1 is 1.36 bits per heavy atom.